The Morgan fingerprint density at radius 3 is 2.67 bits per heavy atom. The molecule has 0 aliphatic heterocycles. The maximum atomic E-state index is 4.22. The van der Waals surface area contributed by atoms with E-state index < -0.39 is 0 Å². The summed E-state index contributed by atoms with van der Waals surface area (Å²) in [6.07, 6.45) is 5.32. The molecule has 0 aromatic carbocycles. The fourth-order valence-electron chi connectivity index (χ4n) is 0.950. The van der Waals surface area contributed by atoms with Crippen LogP contribution in [0.15, 0.2) is 25.0 Å². The monoisotopic (exact) mass is 163 g/mol. The molecule has 64 valence electrons. The predicted octanol–water partition coefficient (Wildman–Crippen LogP) is 1.23. The number of aromatic nitrogens is 2. The molecule has 0 saturated carbocycles. The first kappa shape index (κ1) is 8.87. The second kappa shape index (κ2) is 3.97. The summed E-state index contributed by atoms with van der Waals surface area (Å²) >= 11 is 0. The standard InChI is InChI=1S/C9H13N3/c1-4-8(10-3)9-6-11-7(2)5-12-9/h4-6,8,10H,1H2,2-3H3. The fraction of sp³-hybridized carbons (Fsp3) is 0.333. The van der Waals surface area contributed by atoms with Crippen LogP contribution in [0.3, 0.4) is 0 Å². The Morgan fingerprint density at radius 2 is 2.25 bits per heavy atom. The lowest BCUT2D eigenvalue weighted by Crippen LogP contribution is -2.15. The quantitative estimate of drug-likeness (QED) is 0.681. The minimum atomic E-state index is 0.0955. The molecule has 0 fully saturated rings. The van der Waals surface area contributed by atoms with E-state index in [1.54, 1.807) is 18.5 Å². The van der Waals surface area contributed by atoms with Crippen LogP contribution < -0.4 is 5.32 Å². The van der Waals surface area contributed by atoms with Gasteiger partial charge in [0.05, 0.1) is 23.6 Å². The summed E-state index contributed by atoms with van der Waals surface area (Å²) in [6.45, 7) is 5.62. The average molecular weight is 163 g/mol. The van der Waals surface area contributed by atoms with Crippen molar-refractivity contribution in [1.29, 1.82) is 0 Å². The highest BCUT2D eigenvalue weighted by atomic mass is 14.9. The van der Waals surface area contributed by atoms with Crippen LogP contribution in [-0.2, 0) is 0 Å². The summed E-state index contributed by atoms with van der Waals surface area (Å²) in [7, 11) is 1.87. The molecule has 0 saturated heterocycles. The maximum absolute atomic E-state index is 4.22. The summed E-state index contributed by atoms with van der Waals surface area (Å²) in [5, 5.41) is 3.07. The Hall–Kier alpha value is -1.22. The topological polar surface area (TPSA) is 37.8 Å². The number of nitrogens with zero attached hydrogens (tertiary/aromatic N) is 2. The highest BCUT2D eigenvalue weighted by Crippen LogP contribution is 2.08. The largest absolute Gasteiger partial charge is 0.308 e. The highest BCUT2D eigenvalue weighted by molar-refractivity contribution is 5.10. The number of hydrogen-bond donors (Lipinski definition) is 1. The highest BCUT2D eigenvalue weighted by Gasteiger charge is 2.04. The van der Waals surface area contributed by atoms with Gasteiger partial charge in [-0.1, -0.05) is 6.08 Å². The maximum Gasteiger partial charge on any atom is 0.0795 e. The van der Waals surface area contributed by atoms with Gasteiger partial charge in [0.1, 0.15) is 0 Å². The van der Waals surface area contributed by atoms with Crippen molar-refractivity contribution in [2.45, 2.75) is 13.0 Å². The van der Waals surface area contributed by atoms with Crippen LogP contribution in [0.4, 0.5) is 0 Å². The van der Waals surface area contributed by atoms with E-state index >= 15 is 0 Å². The fourth-order valence-corrected chi connectivity index (χ4v) is 0.950. The first-order valence-electron chi connectivity index (χ1n) is 3.86. The average Bonchev–Trinajstić information content (AvgIpc) is 2.10. The molecule has 1 aromatic heterocycles. The molecule has 1 N–H and O–H groups in total. The zero-order chi connectivity index (χ0) is 8.97. The lowest BCUT2D eigenvalue weighted by molar-refractivity contribution is 0.688. The van der Waals surface area contributed by atoms with Crippen LogP contribution in [0.5, 0.6) is 0 Å². The third-order valence-electron chi connectivity index (χ3n) is 1.67. The molecule has 1 atom stereocenters. The van der Waals surface area contributed by atoms with E-state index in [1.807, 2.05) is 14.0 Å². The molecule has 1 heterocycles. The Bertz CT molecular complexity index is 253. The van der Waals surface area contributed by atoms with Crippen LogP contribution in [0.2, 0.25) is 0 Å². The molecule has 12 heavy (non-hydrogen) atoms. The molecule has 3 heteroatoms. The number of aryl methyl sites for hydroxylation is 1. The van der Waals surface area contributed by atoms with Crippen molar-refractivity contribution < 1.29 is 0 Å². The van der Waals surface area contributed by atoms with Gasteiger partial charge in [0.15, 0.2) is 0 Å². The SMILES string of the molecule is C=CC(NC)c1cnc(C)cn1. The molecular formula is C9H13N3. The molecule has 1 unspecified atom stereocenters. The third kappa shape index (κ3) is 1.89. The summed E-state index contributed by atoms with van der Waals surface area (Å²) < 4.78 is 0. The van der Waals surface area contributed by atoms with Crippen molar-refractivity contribution in [3.05, 3.63) is 36.4 Å². The number of rotatable bonds is 3. The van der Waals surface area contributed by atoms with E-state index in [2.05, 4.69) is 21.9 Å². The molecule has 0 bridgehead atoms. The van der Waals surface area contributed by atoms with Gasteiger partial charge < -0.3 is 5.32 Å². The third-order valence-corrected chi connectivity index (χ3v) is 1.67. The first-order chi connectivity index (χ1) is 5.77. The normalized spacial score (nSPS) is 12.5. The Labute approximate surface area is 72.6 Å². The molecule has 0 aliphatic carbocycles. The number of nitrogens with one attached hydrogen (secondary N) is 1. The van der Waals surface area contributed by atoms with Crippen molar-refractivity contribution >= 4 is 0 Å². The molecule has 0 spiro atoms. The van der Waals surface area contributed by atoms with Gasteiger partial charge in [0.25, 0.3) is 0 Å². The van der Waals surface area contributed by atoms with Gasteiger partial charge in [0.2, 0.25) is 0 Å². The van der Waals surface area contributed by atoms with Crippen LogP contribution in [-0.4, -0.2) is 17.0 Å². The van der Waals surface area contributed by atoms with Gasteiger partial charge in [0, 0.05) is 6.20 Å². The minimum Gasteiger partial charge on any atom is -0.308 e. The first-order valence-corrected chi connectivity index (χ1v) is 3.86. The predicted molar refractivity (Wildman–Crippen MR) is 48.8 cm³/mol. The second-order valence-corrected chi connectivity index (χ2v) is 2.58. The number of hydrogen-bond acceptors (Lipinski definition) is 3. The van der Waals surface area contributed by atoms with Gasteiger partial charge in [-0.05, 0) is 14.0 Å². The van der Waals surface area contributed by atoms with Gasteiger partial charge >= 0.3 is 0 Å². The Morgan fingerprint density at radius 1 is 1.50 bits per heavy atom. The molecule has 0 radical (unpaired) electrons. The second-order valence-electron chi connectivity index (χ2n) is 2.58. The smallest absolute Gasteiger partial charge is 0.0795 e. The van der Waals surface area contributed by atoms with E-state index in [0.29, 0.717) is 0 Å². The van der Waals surface area contributed by atoms with Crippen LogP contribution >= 0.6 is 0 Å². The molecule has 1 rings (SSSR count). The van der Waals surface area contributed by atoms with E-state index in [9.17, 15) is 0 Å². The molecular weight excluding hydrogens is 150 g/mol. The van der Waals surface area contributed by atoms with Crippen LogP contribution in [0.1, 0.15) is 17.4 Å². The van der Waals surface area contributed by atoms with Crippen LogP contribution in [0.25, 0.3) is 0 Å². The lowest BCUT2D eigenvalue weighted by atomic mass is 10.2. The molecule has 3 nitrogen and oxygen atoms in total. The van der Waals surface area contributed by atoms with E-state index in [-0.39, 0.29) is 6.04 Å². The zero-order valence-electron chi connectivity index (χ0n) is 7.41. The summed E-state index contributed by atoms with van der Waals surface area (Å²) in [5.41, 5.74) is 1.83. The van der Waals surface area contributed by atoms with E-state index in [0.717, 1.165) is 11.4 Å². The lowest BCUT2D eigenvalue weighted by Gasteiger charge is -2.09. The van der Waals surface area contributed by atoms with Crippen LogP contribution in [0, 0.1) is 6.92 Å². The van der Waals surface area contributed by atoms with E-state index in [4.69, 9.17) is 0 Å². The molecule has 1 aromatic rings. The summed E-state index contributed by atoms with van der Waals surface area (Å²) in [4.78, 5) is 8.37. The number of likely N-dealkylation sites (N-methyl/N-ethyl adjacent to an activating group) is 1. The molecule has 0 aliphatic rings. The van der Waals surface area contributed by atoms with Gasteiger partial charge in [-0.25, -0.2) is 0 Å². The van der Waals surface area contributed by atoms with Crippen molar-refractivity contribution in [3.8, 4) is 0 Å². The summed E-state index contributed by atoms with van der Waals surface area (Å²) in [5.74, 6) is 0. The Kier molecular flexibility index (Phi) is 2.94. The molecule has 0 amide bonds. The van der Waals surface area contributed by atoms with Crippen molar-refractivity contribution in [1.82, 2.24) is 15.3 Å². The van der Waals surface area contributed by atoms with Gasteiger partial charge in [-0.3, -0.25) is 9.97 Å². The summed E-state index contributed by atoms with van der Waals surface area (Å²) in [6, 6.07) is 0.0955. The van der Waals surface area contributed by atoms with Crippen molar-refractivity contribution in [3.63, 3.8) is 0 Å². The zero-order valence-corrected chi connectivity index (χ0v) is 7.41. The van der Waals surface area contributed by atoms with Crippen molar-refractivity contribution in [2.24, 2.45) is 0 Å². The Balaban J connectivity index is 2.87. The van der Waals surface area contributed by atoms with Gasteiger partial charge in [-0.2, -0.15) is 0 Å². The van der Waals surface area contributed by atoms with Gasteiger partial charge in [-0.15, -0.1) is 6.58 Å². The van der Waals surface area contributed by atoms with Crippen molar-refractivity contribution in [2.75, 3.05) is 7.05 Å². The minimum absolute atomic E-state index is 0.0955. The van der Waals surface area contributed by atoms with E-state index in [1.165, 1.54) is 0 Å².